The maximum absolute atomic E-state index is 14.1. The van der Waals surface area contributed by atoms with Gasteiger partial charge in [-0.2, -0.15) is 0 Å². The summed E-state index contributed by atoms with van der Waals surface area (Å²) < 4.78 is 14.1. The quantitative estimate of drug-likeness (QED) is 0.473. The molecule has 0 radical (unpaired) electrons. The standard InChI is InChI=1S/C30H32FN3O2/c31-25-10-4-5-11-26(25)32-30(36)33-18-6-7-19-34-27(20-33)29(28(34)21-35)24-16-14-23(15-17-24)13-12-22-8-2-1-3-9-22/h1-5,8-17,27-29,35H,6-7,18-21H2,(H,32,36)/b13-12+/t27-,28+,29-/m1/s1. The highest BCUT2D eigenvalue weighted by Gasteiger charge is 2.49. The number of anilines is 1. The lowest BCUT2D eigenvalue weighted by Gasteiger charge is -2.57. The number of hydrogen-bond acceptors (Lipinski definition) is 3. The summed E-state index contributed by atoms with van der Waals surface area (Å²) in [4.78, 5) is 17.2. The molecule has 2 amide bonds. The first kappa shape index (κ1) is 24.2. The van der Waals surface area contributed by atoms with E-state index in [1.807, 2.05) is 18.2 Å². The molecule has 0 saturated carbocycles. The lowest BCUT2D eigenvalue weighted by molar-refractivity contribution is -0.0585. The maximum atomic E-state index is 14.1. The third-order valence-corrected chi connectivity index (χ3v) is 7.36. The first-order valence-corrected chi connectivity index (χ1v) is 12.6. The molecule has 0 spiro atoms. The molecule has 2 aliphatic rings. The molecule has 2 N–H and O–H groups in total. The van der Waals surface area contributed by atoms with Gasteiger partial charge in [0.2, 0.25) is 0 Å². The summed E-state index contributed by atoms with van der Waals surface area (Å²) in [5, 5.41) is 12.9. The van der Waals surface area contributed by atoms with Crippen molar-refractivity contribution in [3.8, 4) is 0 Å². The van der Waals surface area contributed by atoms with Crippen LogP contribution in [0.15, 0.2) is 78.9 Å². The fraction of sp³-hybridized carbons (Fsp3) is 0.300. The van der Waals surface area contributed by atoms with Crippen molar-refractivity contribution >= 4 is 23.9 Å². The molecule has 3 aromatic carbocycles. The van der Waals surface area contributed by atoms with Crippen molar-refractivity contribution in [1.29, 1.82) is 0 Å². The molecule has 36 heavy (non-hydrogen) atoms. The van der Waals surface area contributed by atoms with Crippen molar-refractivity contribution in [3.05, 3.63) is 101 Å². The van der Waals surface area contributed by atoms with E-state index in [2.05, 4.69) is 58.8 Å². The maximum Gasteiger partial charge on any atom is 0.321 e. The van der Waals surface area contributed by atoms with Gasteiger partial charge in [-0.15, -0.1) is 0 Å². The molecule has 5 nitrogen and oxygen atoms in total. The van der Waals surface area contributed by atoms with Gasteiger partial charge in [0.25, 0.3) is 0 Å². The molecule has 0 aromatic heterocycles. The monoisotopic (exact) mass is 485 g/mol. The Morgan fingerprint density at radius 3 is 2.31 bits per heavy atom. The van der Waals surface area contributed by atoms with Crippen molar-refractivity contribution in [2.75, 3.05) is 31.6 Å². The number of nitrogens with zero attached hydrogens (tertiary/aromatic N) is 2. The molecule has 5 rings (SSSR count). The number of aliphatic hydroxyl groups is 1. The number of para-hydroxylation sites is 1. The minimum atomic E-state index is -0.442. The molecule has 2 saturated heterocycles. The number of carbonyl (C=O) groups excluding carboxylic acids is 1. The highest BCUT2D eigenvalue weighted by Crippen LogP contribution is 2.42. The van der Waals surface area contributed by atoms with Gasteiger partial charge in [-0.3, -0.25) is 4.90 Å². The Bertz CT molecular complexity index is 1200. The largest absolute Gasteiger partial charge is 0.395 e. The van der Waals surface area contributed by atoms with Gasteiger partial charge in [-0.25, -0.2) is 9.18 Å². The van der Waals surface area contributed by atoms with Crippen molar-refractivity contribution < 1.29 is 14.3 Å². The van der Waals surface area contributed by atoms with Crippen molar-refractivity contribution in [2.24, 2.45) is 0 Å². The molecule has 186 valence electrons. The first-order chi connectivity index (χ1) is 17.6. The fourth-order valence-corrected chi connectivity index (χ4v) is 5.47. The van der Waals surface area contributed by atoms with Crippen LogP contribution >= 0.6 is 0 Å². The number of benzene rings is 3. The number of urea groups is 1. The molecule has 0 aliphatic carbocycles. The van der Waals surface area contributed by atoms with E-state index in [-0.39, 0.29) is 36.3 Å². The normalized spacial score (nSPS) is 22.4. The lowest BCUT2D eigenvalue weighted by Crippen LogP contribution is -2.68. The highest BCUT2D eigenvalue weighted by atomic mass is 19.1. The molecule has 2 heterocycles. The number of halogens is 1. The van der Waals surface area contributed by atoms with Gasteiger partial charge in [0, 0.05) is 31.1 Å². The SMILES string of the molecule is O=C(Nc1ccccc1F)N1CCCCN2[C@H](C1)[C@@H](c1ccc(/C=C/c3ccccc3)cc1)[C@@H]2CO. The number of carbonyl (C=O) groups is 1. The van der Waals surface area contributed by atoms with Crippen molar-refractivity contribution in [3.63, 3.8) is 0 Å². The Morgan fingerprint density at radius 2 is 1.58 bits per heavy atom. The van der Waals surface area contributed by atoms with Gasteiger partial charge >= 0.3 is 6.03 Å². The third kappa shape index (κ3) is 5.20. The van der Waals surface area contributed by atoms with Gasteiger partial charge in [-0.1, -0.05) is 78.9 Å². The summed E-state index contributed by atoms with van der Waals surface area (Å²) in [7, 11) is 0. The number of fused-ring (bicyclic) bond motifs is 1. The zero-order valence-electron chi connectivity index (χ0n) is 20.3. The van der Waals surface area contributed by atoms with Crippen molar-refractivity contribution in [1.82, 2.24) is 9.80 Å². The average molecular weight is 486 g/mol. The topological polar surface area (TPSA) is 55.8 Å². The predicted molar refractivity (Wildman–Crippen MR) is 142 cm³/mol. The van der Waals surface area contributed by atoms with E-state index in [9.17, 15) is 14.3 Å². The van der Waals surface area contributed by atoms with E-state index >= 15 is 0 Å². The van der Waals surface area contributed by atoms with E-state index < -0.39 is 5.82 Å². The van der Waals surface area contributed by atoms with Gasteiger partial charge in [0.15, 0.2) is 0 Å². The minimum Gasteiger partial charge on any atom is -0.395 e. The zero-order chi connectivity index (χ0) is 24.9. The van der Waals surface area contributed by atoms with E-state index in [0.29, 0.717) is 13.1 Å². The summed E-state index contributed by atoms with van der Waals surface area (Å²) >= 11 is 0. The minimum absolute atomic E-state index is 0.0373. The van der Waals surface area contributed by atoms with Gasteiger partial charge in [0.1, 0.15) is 5.82 Å². The Kier molecular flexibility index (Phi) is 7.44. The lowest BCUT2D eigenvalue weighted by atomic mass is 9.74. The van der Waals surface area contributed by atoms with Crippen LogP contribution in [0.25, 0.3) is 12.2 Å². The summed E-state index contributed by atoms with van der Waals surface area (Å²) in [6.07, 6.45) is 6.02. The van der Waals surface area contributed by atoms with Gasteiger partial charge in [0.05, 0.1) is 12.3 Å². The number of rotatable bonds is 5. The van der Waals surface area contributed by atoms with Crippen molar-refractivity contribution in [2.45, 2.75) is 30.8 Å². The fourth-order valence-electron chi connectivity index (χ4n) is 5.47. The van der Waals surface area contributed by atoms with Crippen LogP contribution in [0.5, 0.6) is 0 Å². The van der Waals surface area contributed by atoms with E-state index in [4.69, 9.17) is 0 Å². The molecule has 3 atom stereocenters. The third-order valence-electron chi connectivity index (χ3n) is 7.36. The summed E-state index contributed by atoms with van der Waals surface area (Å²) in [5.74, 6) is -0.313. The molecule has 6 heteroatoms. The van der Waals surface area contributed by atoms with Crippen LogP contribution in [0.2, 0.25) is 0 Å². The van der Waals surface area contributed by atoms with Gasteiger partial charge < -0.3 is 15.3 Å². The molecule has 0 bridgehead atoms. The summed E-state index contributed by atoms with van der Waals surface area (Å²) in [5.41, 5.74) is 3.63. The second-order valence-electron chi connectivity index (χ2n) is 9.55. The highest BCUT2D eigenvalue weighted by molar-refractivity contribution is 5.89. The van der Waals surface area contributed by atoms with Crippen LogP contribution in [0.4, 0.5) is 14.9 Å². The number of hydrogen-bond donors (Lipinski definition) is 2. The molecule has 0 unspecified atom stereocenters. The van der Waals surface area contributed by atoms with Crippen LogP contribution in [0, 0.1) is 5.82 Å². The van der Waals surface area contributed by atoms with Crippen LogP contribution < -0.4 is 5.32 Å². The molecule has 3 aromatic rings. The van der Waals surface area contributed by atoms with Crippen LogP contribution in [0.1, 0.15) is 35.4 Å². The zero-order valence-corrected chi connectivity index (χ0v) is 20.3. The summed E-state index contributed by atoms with van der Waals surface area (Å²) in [6.45, 7) is 2.16. The van der Waals surface area contributed by atoms with Crippen LogP contribution in [-0.2, 0) is 0 Å². The average Bonchev–Trinajstić information content (AvgIpc) is 2.89. The Hall–Kier alpha value is -3.48. The predicted octanol–water partition coefficient (Wildman–Crippen LogP) is 5.45. The molecule has 2 fully saturated rings. The van der Waals surface area contributed by atoms with Crippen LogP contribution in [-0.4, -0.2) is 59.3 Å². The smallest absolute Gasteiger partial charge is 0.321 e. The Labute approximate surface area is 211 Å². The van der Waals surface area contributed by atoms with Crippen LogP contribution in [0.3, 0.4) is 0 Å². The first-order valence-electron chi connectivity index (χ1n) is 12.6. The molecule has 2 aliphatic heterocycles. The van der Waals surface area contributed by atoms with Gasteiger partial charge in [-0.05, 0) is 48.2 Å². The van der Waals surface area contributed by atoms with E-state index in [1.165, 1.54) is 11.6 Å². The number of nitrogens with one attached hydrogen (secondary N) is 1. The summed E-state index contributed by atoms with van der Waals surface area (Å²) in [6, 6.07) is 24.8. The second-order valence-corrected chi connectivity index (χ2v) is 9.55. The van der Waals surface area contributed by atoms with E-state index in [1.54, 1.807) is 23.1 Å². The number of aliphatic hydroxyl groups excluding tert-OH is 1. The Balaban J connectivity index is 1.31. The van der Waals surface area contributed by atoms with E-state index in [0.717, 1.165) is 30.5 Å². The Morgan fingerprint density at radius 1 is 0.917 bits per heavy atom. The molecular weight excluding hydrogens is 453 g/mol. The second kappa shape index (κ2) is 11.1. The number of amides is 2. The molecular formula is C30H32FN3O2.